The Labute approximate surface area is 158 Å². The van der Waals surface area contributed by atoms with Crippen molar-refractivity contribution < 1.29 is 19.5 Å². The van der Waals surface area contributed by atoms with Crippen LogP contribution in [0, 0.1) is 0 Å². The Bertz CT molecular complexity index is 730. The van der Waals surface area contributed by atoms with Crippen molar-refractivity contribution in [1.29, 1.82) is 0 Å². The quantitative estimate of drug-likeness (QED) is 0.289. The normalized spacial score (nSPS) is 10.3. The lowest BCUT2D eigenvalue weighted by molar-refractivity contribution is -0.120. The molecule has 0 aliphatic rings. The molecule has 0 atom stereocenters. The van der Waals surface area contributed by atoms with Gasteiger partial charge in [-0.05, 0) is 41.8 Å². The molecule has 7 nitrogen and oxygen atoms in total. The molecule has 0 saturated carbocycles. The highest BCUT2D eigenvalue weighted by atomic mass is 16.5. The lowest BCUT2D eigenvalue weighted by atomic mass is 10.1. The maximum absolute atomic E-state index is 11.9. The molecular formula is C20H25N3O4. The first-order valence-corrected chi connectivity index (χ1v) is 8.76. The molecule has 0 unspecified atom stereocenters. The van der Waals surface area contributed by atoms with Gasteiger partial charge in [-0.25, -0.2) is 5.48 Å². The molecule has 2 amide bonds. The van der Waals surface area contributed by atoms with Gasteiger partial charge in [-0.3, -0.25) is 14.8 Å². The molecule has 0 saturated heterocycles. The van der Waals surface area contributed by atoms with E-state index in [4.69, 9.17) is 9.94 Å². The van der Waals surface area contributed by atoms with Crippen LogP contribution in [-0.2, 0) is 17.8 Å². The molecule has 0 bridgehead atoms. The number of rotatable bonds is 10. The first-order chi connectivity index (χ1) is 13.1. The third-order valence-corrected chi connectivity index (χ3v) is 4.07. The summed E-state index contributed by atoms with van der Waals surface area (Å²) in [5.41, 5.74) is 4.12. The van der Waals surface area contributed by atoms with Gasteiger partial charge in [-0.15, -0.1) is 0 Å². The third-order valence-electron chi connectivity index (χ3n) is 4.07. The predicted molar refractivity (Wildman–Crippen MR) is 102 cm³/mol. The van der Waals surface area contributed by atoms with Gasteiger partial charge in [0.2, 0.25) is 5.91 Å². The smallest absolute Gasteiger partial charge is 0.274 e. The maximum Gasteiger partial charge on any atom is 0.274 e. The van der Waals surface area contributed by atoms with Crippen molar-refractivity contribution in [3.8, 4) is 5.75 Å². The number of hydroxylamine groups is 1. The molecule has 7 heteroatoms. The van der Waals surface area contributed by atoms with Crippen LogP contribution in [0.2, 0.25) is 0 Å². The largest absolute Gasteiger partial charge is 0.497 e. The fourth-order valence-electron chi connectivity index (χ4n) is 2.50. The van der Waals surface area contributed by atoms with Gasteiger partial charge in [0.25, 0.3) is 5.91 Å². The Balaban J connectivity index is 1.59. The molecule has 0 aromatic heterocycles. The lowest BCUT2D eigenvalue weighted by Gasteiger charge is -2.08. The summed E-state index contributed by atoms with van der Waals surface area (Å²) in [6.45, 7) is 1.76. The Hall–Kier alpha value is -2.90. The Morgan fingerprint density at radius 1 is 0.963 bits per heavy atom. The summed E-state index contributed by atoms with van der Waals surface area (Å²) in [5, 5.41) is 14.7. The zero-order chi connectivity index (χ0) is 19.5. The van der Waals surface area contributed by atoms with Crippen molar-refractivity contribution in [2.45, 2.75) is 19.4 Å². The fourth-order valence-corrected chi connectivity index (χ4v) is 2.50. The molecule has 0 aliphatic heterocycles. The standard InChI is InChI=1S/C20H25N3O4/c1-27-18-8-4-15(5-9-18)10-13-22-19(24)11-12-21-14-16-2-6-17(7-3-16)20(25)23-26/h2-9,21,26H,10-14H2,1H3,(H,22,24)(H,23,25). The number of carbonyl (C=O) groups excluding carboxylic acids is 2. The topological polar surface area (TPSA) is 99.7 Å². The average Bonchev–Trinajstić information content (AvgIpc) is 2.71. The minimum absolute atomic E-state index is 0.00553. The fraction of sp³-hybridized carbons (Fsp3) is 0.300. The highest BCUT2D eigenvalue weighted by molar-refractivity contribution is 5.93. The van der Waals surface area contributed by atoms with E-state index in [1.165, 1.54) is 0 Å². The summed E-state index contributed by atoms with van der Waals surface area (Å²) in [7, 11) is 1.63. The zero-order valence-electron chi connectivity index (χ0n) is 15.3. The van der Waals surface area contributed by atoms with Crippen LogP contribution in [0.1, 0.15) is 27.9 Å². The number of ether oxygens (including phenoxy) is 1. The first-order valence-electron chi connectivity index (χ1n) is 8.76. The van der Waals surface area contributed by atoms with Crippen molar-refractivity contribution in [2.24, 2.45) is 0 Å². The molecule has 0 heterocycles. The number of hydrogen-bond acceptors (Lipinski definition) is 5. The van der Waals surface area contributed by atoms with Crippen molar-refractivity contribution in [3.05, 3.63) is 65.2 Å². The van der Waals surface area contributed by atoms with Gasteiger partial charge in [0, 0.05) is 31.6 Å². The van der Waals surface area contributed by atoms with Gasteiger partial charge in [-0.1, -0.05) is 24.3 Å². The SMILES string of the molecule is COc1ccc(CCNC(=O)CCNCc2ccc(C(=O)NO)cc2)cc1. The van der Waals surface area contributed by atoms with Crippen LogP contribution in [0.15, 0.2) is 48.5 Å². The van der Waals surface area contributed by atoms with E-state index >= 15 is 0 Å². The molecule has 0 aliphatic carbocycles. The van der Waals surface area contributed by atoms with Crippen LogP contribution in [0.3, 0.4) is 0 Å². The van der Waals surface area contributed by atoms with Crippen LogP contribution >= 0.6 is 0 Å². The molecule has 0 spiro atoms. The van der Waals surface area contributed by atoms with Crippen LogP contribution in [0.5, 0.6) is 5.75 Å². The monoisotopic (exact) mass is 371 g/mol. The van der Waals surface area contributed by atoms with Gasteiger partial charge in [0.05, 0.1) is 7.11 Å². The first kappa shape index (κ1) is 20.4. The number of methoxy groups -OCH3 is 1. The van der Waals surface area contributed by atoms with Crippen LogP contribution < -0.4 is 20.9 Å². The second-order valence-corrected chi connectivity index (χ2v) is 6.01. The van der Waals surface area contributed by atoms with E-state index in [0.29, 0.717) is 31.6 Å². The van der Waals surface area contributed by atoms with E-state index in [0.717, 1.165) is 23.3 Å². The van der Waals surface area contributed by atoms with Crippen LogP contribution in [-0.4, -0.2) is 37.2 Å². The Morgan fingerprint density at radius 2 is 1.63 bits per heavy atom. The maximum atomic E-state index is 11.9. The summed E-state index contributed by atoms with van der Waals surface area (Å²) >= 11 is 0. The molecule has 0 radical (unpaired) electrons. The summed E-state index contributed by atoms with van der Waals surface area (Å²) < 4.78 is 5.12. The predicted octanol–water partition coefficient (Wildman–Crippen LogP) is 1.65. The van der Waals surface area contributed by atoms with Crippen molar-refractivity contribution in [2.75, 3.05) is 20.2 Å². The summed E-state index contributed by atoms with van der Waals surface area (Å²) in [6.07, 6.45) is 1.17. The minimum atomic E-state index is -0.541. The van der Waals surface area contributed by atoms with E-state index in [2.05, 4.69) is 10.6 Å². The van der Waals surface area contributed by atoms with E-state index in [-0.39, 0.29) is 5.91 Å². The Kier molecular flexibility index (Phi) is 8.28. The van der Waals surface area contributed by atoms with E-state index < -0.39 is 5.91 Å². The molecule has 144 valence electrons. The van der Waals surface area contributed by atoms with E-state index in [1.807, 2.05) is 24.3 Å². The van der Waals surface area contributed by atoms with Crippen molar-refractivity contribution in [1.82, 2.24) is 16.1 Å². The second-order valence-electron chi connectivity index (χ2n) is 6.01. The zero-order valence-corrected chi connectivity index (χ0v) is 15.3. The molecule has 2 rings (SSSR count). The molecule has 2 aromatic carbocycles. The lowest BCUT2D eigenvalue weighted by Crippen LogP contribution is -2.29. The van der Waals surface area contributed by atoms with Gasteiger partial charge in [0.1, 0.15) is 5.75 Å². The van der Waals surface area contributed by atoms with Gasteiger partial charge < -0.3 is 15.4 Å². The number of benzene rings is 2. The third kappa shape index (κ3) is 7.08. The number of nitrogens with one attached hydrogen (secondary N) is 3. The molecule has 27 heavy (non-hydrogen) atoms. The molecule has 2 aromatic rings. The van der Waals surface area contributed by atoms with Crippen molar-refractivity contribution >= 4 is 11.8 Å². The Morgan fingerprint density at radius 3 is 2.26 bits per heavy atom. The van der Waals surface area contributed by atoms with Crippen LogP contribution in [0.25, 0.3) is 0 Å². The van der Waals surface area contributed by atoms with Gasteiger partial charge in [0.15, 0.2) is 0 Å². The molecule has 4 N–H and O–H groups in total. The number of carbonyl (C=O) groups is 2. The highest BCUT2D eigenvalue weighted by Gasteiger charge is 2.04. The van der Waals surface area contributed by atoms with Crippen LogP contribution in [0.4, 0.5) is 0 Å². The van der Waals surface area contributed by atoms with Gasteiger partial charge >= 0.3 is 0 Å². The van der Waals surface area contributed by atoms with E-state index in [9.17, 15) is 9.59 Å². The average molecular weight is 371 g/mol. The summed E-state index contributed by atoms with van der Waals surface area (Å²) in [4.78, 5) is 23.1. The second kappa shape index (κ2) is 10.9. The molecular weight excluding hydrogens is 346 g/mol. The highest BCUT2D eigenvalue weighted by Crippen LogP contribution is 2.11. The minimum Gasteiger partial charge on any atom is -0.497 e. The summed E-state index contributed by atoms with van der Waals surface area (Å²) in [5.74, 6) is 0.284. The number of amides is 2. The molecule has 0 fully saturated rings. The van der Waals surface area contributed by atoms with Gasteiger partial charge in [-0.2, -0.15) is 0 Å². The summed E-state index contributed by atoms with van der Waals surface area (Å²) in [6, 6.07) is 14.7. The van der Waals surface area contributed by atoms with Crippen molar-refractivity contribution in [3.63, 3.8) is 0 Å². The van der Waals surface area contributed by atoms with E-state index in [1.54, 1.807) is 36.9 Å². The number of hydrogen-bond donors (Lipinski definition) is 4.